The summed E-state index contributed by atoms with van der Waals surface area (Å²) < 4.78 is 24.5. The number of fused-ring (bicyclic) bond motifs is 1. The van der Waals surface area contributed by atoms with E-state index < -0.39 is 5.82 Å². The molecule has 3 heterocycles. The fraction of sp³-hybridized carbons (Fsp3) is 0.304. The normalized spacial score (nSPS) is 11.4. The molecule has 4 aromatic rings. The van der Waals surface area contributed by atoms with Gasteiger partial charge < -0.3 is 20.6 Å². The Hall–Kier alpha value is -3.23. The number of hydrogen-bond donors (Lipinski definition) is 2. The molecule has 0 radical (unpaired) electrons. The largest absolute Gasteiger partial charge is 0.490 e. The molecule has 7 nitrogen and oxygen atoms in total. The lowest BCUT2D eigenvalue weighted by atomic mass is 10.1. The molecular weight excluding hydrogens is 395 g/mol. The molecule has 0 saturated heterocycles. The Balaban J connectivity index is 1.62. The summed E-state index contributed by atoms with van der Waals surface area (Å²) in [4.78, 5) is 4.41. The molecule has 0 amide bonds. The SMILES string of the molecule is Cc1c(CCOc2c(F)cccc2-c2ccc3ncc(CCN)n3c2)c(CN)nn1C. The standard InChI is InChI=1S/C23H27FN6O/c1-15-18(21(12-26)28-29(15)2)9-11-31-23-19(4-3-5-20(23)24)16-6-7-22-27-13-17(8-10-25)30(22)14-16/h3-7,13-14H,8-12,25-26H2,1-2H3. The second-order valence-corrected chi connectivity index (χ2v) is 7.49. The van der Waals surface area contributed by atoms with Gasteiger partial charge >= 0.3 is 0 Å². The molecule has 0 bridgehead atoms. The Morgan fingerprint density at radius 2 is 1.97 bits per heavy atom. The minimum absolute atomic E-state index is 0.234. The molecule has 0 aliphatic rings. The van der Waals surface area contributed by atoms with Gasteiger partial charge in [0.15, 0.2) is 11.6 Å². The first kappa shape index (κ1) is 21.0. The molecule has 0 spiro atoms. The molecular formula is C23H27FN6O. The summed E-state index contributed by atoms with van der Waals surface area (Å²) in [5.74, 6) is -0.162. The summed E-state index contributed by atoms with van der Waals surface area (Å²) in [5.41, 5.74) is 17.8. The third kappa shape index (κ3) is 4.04. The number of pyridine rings is 1. The number of halogens is 1. The number of benzene rings is 1. The van der Waals surface area contributed by atoms with Crippen molar-refractivity contribution in [1.29, 1.82) is 0 Å². The fourth-order valence-electron chi connectivity index (χ4n) is 3.87. The van der Waals surface area contributed by atoms with Gasteiger partial charge in [0.25, 0.3) is 0 Å². The lowest BCUT2D eigenvalue weighted by Gasteiger charge is -2.14. The van der Waals surface area contributed by atoms with Crippen LogP contribution in [0, 0.1) is 12.7 Å². The second-order valence-electron chi connectivity index (χ2n) is 7.49. The van der Waals surface area contributed by atoms with Crippen molar-refractivity contribution in [3.8, 4) is 16.9 Å². The van der Waals surface area contributed by atoms with Gasteiger partial charge in [-0.1, -0.05) is 12.1 Å². The zero-order valence-corrected chi connectivity index (χ0v) is 17.8. The third-order valence-corrected chi connectivity index (χ3v) is 5.59. The molecule has 0 atom stereocenters. The molecule has 3 aromatic heterocycles. The Bertz CT molecular complexity index is 1210. The number of nitrogens with two attached hydrogens (primary N) is 2. The average Bonchev–Trinajstić information content (AvgIpc) is 3.30. The van der Waals surface area contributed by atoms with Crippen molar-refractivity contribution in [1.82, 2.24) is 19.2 Å². The van der Waals surface area contributed by atoms with Gasteiger partial charge in [-0.2, -0.15) is 5.10 Å². The van der Waals surface area contributed by atoms with Crippen LogP contribution in [0.1, 0.15) is 22.6 Å². The van der Waals surface area contributed by atoms with E-state index in [4.69, 9.17) is 16.2 Å². The minimum Gasteiger partial charge on any atom is -0.490 e. The molecule has 1 aromatic carbocycles. The second kappa shape index (κ2) is 8.87. The summed E-state index contributed by atoms with van der Waals surface area (Å²) in [6.45, 7) is 3.21. The number of imidazole rings is 1. The van der Waals surface area contributed by atoms with Crippen LogP contribution in [0.3, 0.4) is 0 Å². The topological polar surface area (TPSA) is 96.4 Å². The summed E-state index contributed by atoms with van der Waals surface area (Å²) in [7, 11) is 1.89. The fourth-order valence-corrected chi connectivity index (χ4v) is 3.87. The predicted molar refractivity (Wildman–Crippen MR) is 118 cm³/mol. The maximum atomic E-state index is 14.7. The molecule has 4 N–H and O–H groups in total. The van der Waals surface area contributed by atoms with E-state index in [0.717, 1.165) is 33.9 Å². The van der Waals surface area contributed by atoms with Gasteiger partial charge in [0.05, 0.1) is 12.3 Å². The van der Waals surface area contributed by atoms with E-state index in [2.05, 4.69) is 10.1 Å². The first-order valence-electron chi connectivity index (χ1n) is 10.3. The summed E-state index contributed by atoms with van der Waals surface area (Å²) in [6.07, 6.45) is 5.08. The zero-order valence-electron chi connectivity index (χ0n) is 17.8. The van der Waals surface area contributed by atoms with Crippen molar-refractivity contribution < 1.29 is 9.13 Å². The van der Waals surface area contributed by atoms with E-state index in [9.17, 15) is 4.39 Å². The number of aryl methyl sites for hydroxylation is 1. The maximum Gasteiger partial charge on any atom is 0.165 e. The number of ether oxygens (including phenoxy) is 1. The molecule has 0 aliphatic heterocycles. The molecule has 0 aliphatic carbocycles. The van der Waals surface area contributed by atoms with E-state index in [-0.39, 0.29) is 5.75 Å². The number of aromatic nitrogens is 4. The van der Waals surface area contributed by atoms with Crippen molar-refractivity contribution in [3.05, 3.63) is 71.2 Å². The smallest absolute Gasteiger partial charge is 0.165 e. The van der Waals surface area contributed by atoms with Crippen molar-refractivity contribution in [2.45, 2.75) is 26.3 Å². The van der Waals surface area contributed by atoms with Gasteiger partial charge in [-0.3, -0.25) is 4.68 Å². The van der Waals surface area contributed by atoms with Crippen LogP contribution in [0.4, 0.5) is 4.39 Å². The van der Waals surface area contributed by atoms with Crippen LogP contribution in [-0.2, 0) is 26.4 Å². The Morgan fingerprint density at radius 1 is 1.13 bits per heavy atom. The Kier molecular flexibility index (Phi) is 6.01. The highest BCUT2D eigenvalue weighted by atomic mass is 19.1. The van der Waals surface area contributed by atoms with Crippen molar-refractivity contribution in [2.24, 2.45) is 18.5 Å². The summed E-state index contributed by atoms with van der Waals surface area (Å²) >= 11 is 0. The first-order valence-corrected chi connectivity index (χ1v) is 10.3. The van der Waals surface area contributed by atoms with Crippen LogP contribution in [0.25, 0.3) is 16.8 Å². The van der Waals surface area contributed by atoms with Crippen molar-refractivity contribution in [3.63, 3.8) is 0 Å². The van der Waals surface area contributed by atoms with E-state index in [1.165, 1.54) is 6.07 Å². The van der Waals surface area contributed by atoms with Gasteiger partial charge in [0.2, 0.25) is 0 Å². The molecule has 4 rings (SSSR count). The van der Waals surface area contributed by atoms with E-state index in [1.807, 2.05) is 53.6 Å². The molecule has 31 heavy (non-hydrogen) atoms. The lowest BCUT2D eigenvalue weighted by molar-refractivity contribution is 0.306. The Labute approximate surface area is 180 Å². The highest BCUT2D eigenvalue weighted by molar-refractivity contribution is 5.71. The van der Waals surface area contributed by atoms with Crippen LogP contribution >= 0.6 is 0 Å². The number of rotatable bonds is 8. The molecule has 8 heteroatoms. The van der Waals surface area contributed by atoms with Gasteiger partial charge in [-0.25, -0.2) is 9.37 Å². The highest BCUT2D eigenvalue weighted by Gasteiger charge is 2.16. The minimum atomic E-state index is -0.396. The van der Waals surface area contributed by atoms with Crippen LogP contribution in [0.15, 0.2) is 42.7 Å². The lowest BCUT2D eigenvalue weighted by Crippen LogP contribution is -2.08. The number of nitrogens with zero attached hydrogens (tertiary/aromatic N) is 4. The van der Waals surface area contributed by atoms with Gasteiger partial charge in [-0.15, -0.1) is 0 Å². The quantitative estimate of drug-likeness (QED) is 0.455. The highest BCUT2D eigenvalue weighted by Crippen LogP contribution is 2.33. The van der Waals surface area contributed by atoms with Gasteiger partial charge in [0.1, 0.15) is 5.65 Å². The van der Waals surface area contributed by atoms with Crippen molar-refractivity contribution in [2.75, 3.05) is 13.2 Å². The maximum absolute atomic E-state index is 14.7. The molecule has 162 valence electrons. The molecule has 0 saturated carbocycles. The van der Waals surface area contributed by atoms with Gasteiger partial charge in [-0.05, 0) is 31.7 Å². The third-order valence-electron chi connectivity index (χ3n) is 5.59. The first-order chi connectivity index (χ1) is 15.0. The van der Waals surface area contributed by atoms with Crippen LogP contribution in [0.5, 0.6) is 5.75 Å². The van der Waals surface area contributed by atoms with E-state index in [1.54, 1.807) is 6.07 Å². The Morgan fingerprint density at radius 3 is 2.74 bits per heavy atom. The molecule has 0 fully saturated rings. The average molecular weight is 423 g/mol. The monoisotopic (exact) mass is 422 g/mol. The molecule has 0 unspecified atom stereocenters. The van der Waals surface area contributed by atoms with E-state index in [0.29, 0.717) is 38.1 Å². The van der Waals surface area contributed by atoms with E-state index >= 15 is 0 Å². The number of hydrogen-bond acceptors (Lipinski definition) is 5. The summed E-state index contributed by atoms with van der Waals surface area (Å²) in [6, 6.07) is 8.80. The van der Waals surface area contributed by atoms with Crippen LogP contribution < -0.4 is 16.2 Å². The van der Waals surface area contributed by atoms with Crippen LogP contribution in [0.2, 0.25) is 0 Å². The predicted octanol–water partition coefficient (Wildman–Crippen LogP) is 2.76. The number of para-hydroxylation sites is 1. The summed E-state index contributed by atoms with van der Waals surface area (Å²) in [5, 5.41) is 4.43. The van der Waals surface area contributed by atoms with Gasteiger partial charge in [0, 0.05) is 66.9 Å². The zero-order chi connectivity index (χ0) is 22.0. The van der Waals surface area contributed by atoms with Crippen LogP contribution in [-0.4, -0.2) is 32.3 Å². The van der Waals surface area contributed by atoms with Crippen molar-refractivity contribution >= 4 is 5.65 Å².